The highest BCUT2D eigenvalue weighted by Crippen LogP contribution is 2.41. The van der Waals surface area contributed by atoms with E-state index < -0.39 is 0 Å². The summed E-state index contributed by atoms with van der Waals surface area (Å²) in [6, 6.07) is 3.62. The summed E-state index contributed by atoms with van der Waals surface area (Å²) >= 11 is 0. The molecule has 4 rings (SSSR count). The van der Waals surface area contributed by atoms with E-state index in [1.54, 1.807) is 17.1 Å². The molecule has 0 N–H and O–H groups in total. The number of hydrogen-bond donors (Lipinski definition) is 0. The van der Waals surface area contributed by atoms with E-state index in [1.165, 1.54) is 0 Å². The minimum Gasteiger partial charge on any atom is -0.423 e. The number of nitrogens with zero attached hydrogens (tertiary/aromatic N) is 6. The highest BCUT2D eigenvalue weighted by atomic mass is 16.4. The van der Waals surface area contributed by atoms with Crippen molar-refractivity contribution in [2.45, 2.75) is 31.7 Å². The smallest absolute Gasteiger partial charge is 0.247 e. The molecule has 1 saturated carbocycles. The average molecular weight is 340 g/mol. The van der Waals surface area contributed by atoms with Crippen LogP contribution in [0, 0.1) is 11.3 Å². The molecule has 2 aromatic heterocycles. The molecule has 2 fully saturated rings. The van der Waals surface area contributed by atoms with Crippen molar-refractivity contribution in [1.82, 2.24) is 19.7 Å². The molecule has 8 nitrogen and oxygen atoms in total. The molecule has 2 aromatic rings. The van der Waals surface area contributed by atoms with Crippen LogP contribution in [0.25, 0.3) is 0 Å². The average Bonchev–Trinajstić information content (AvgIpc) is 3.19. The van der Waals surface area contributed by atoms with Gasteiger partial charge in [0.05, 0.1) is 0 Å². The zero-order valence-corrected chi connectivity index (χ0v) is 14.1. The number of nitriles is 1. The van der Waals surface area contributed by atoms with Crippen LogP contribution in [0.15, 0.2) is 22.9 Å². The molecule has 0 unspecified atom stereocenters. The van der Waals surface area contributed by atoms with Gasteiger partial charge >= 0.3 is 0 Å². The van der Waals surface area contributed by atoms with Crippen molar-refractivity contribution >= 4 is 11.8 Å². The molecule has 1 atom stereocenters. The Kier molecular flexibility index (Phi) is 3.92. The van der Waals surface area contributed by atoms with Crippen LogP contribution in [0.5, 0.6) is 0 Å². The summed E-state index contributed by atoms with van der Waals surface area (Å²) in [4.78, 5) is 20.8. The summed E-state index contributed by atoms with van der Waals surface area (Å²) in [6.45, 7) is 4.30. The van der Waals surface area contributed by atoms with E-state index in [9.17, 15) is 10.1 Å². The van der Waals surface area contributed by atoms with Crippen molar-refractivity contribution in [3.63, 3.8) is 0 Å². The molecule has 0 radical (unpaired) electrons. The van der Waals surface area contributed by atoms with E-state index in [0.717, 1.165) is 12.8 Å². The maximum absolute atomic E-state index is 12.6. The summed E-state index contributed by atoms with van der Waals surface area (Å²) in [5.41, 5.74) is 0.353. The highest BCUT2D eigenvalue weighted by Gasteiger charge is 2.33. The molecule has 130 valence electrons. The van der Waals surface area contributed by atoms with Gasteiger partial charge in [-0.15, -0.1) is 0 Å². The Morgan fingerprint density at radius 3 is 2.72 bits per heavy atom. The number of carbonyl (C=O) groups excluding carboxylic acids is 1. The predicted octanol–water partition coefficient (Wildman–Crippen LogP) is 1.53. The minimum atomic E-state index is -0.317. The van der Waals surface area contributed by atoms with Crippen LogP contribution in [-0.2, 0) is 4.79 Å². The van der Waals surface area contributed by atoms with Crippen molar-refractivity contribution in [3.8, 4) is 6.07 Å². The van der Waals surface area contributed by atoms with Crippen molar-refractivity contribution in [2.75, 3.05) is 31.1 Å². The van der Waals surface area contributed by atoms with E-state index in [1.807, 2.05) is 22.8 Å². The van der Waals surface area contributed by atoms with Gasteiger partial charge in [-0.3, -0.25) is 9.48 Å². The summed E-state index contributed by atoms with van der Waals surface area (Å²) < 4.78 is 7.51. The van der Waals surface area contributed by atoms with Gasteiger partial charge in [0.2, 0.25) is 23.4 Å². The number of oxazole rings is 1. The van der Waals surface area contributed by atoms with Crippen molar-refractivity contribution < 1.29 is 9.21 Å². The molecule has 1 aliphatic carbocycles. The first kappa shape index (κ1) is 15.7. The predicted molar refractivity (Wildman–Crippen MR) is 88.9 cm³/mol. The molecule has 2 aliphatic rings. The van der Waals surface area contributed by atoms with Crippen LogP contribution in [0.1, 0.15) is 43.3 Å². The first-order valence-electron chi connectivity index (χ1n) is 8.61. The van der Waals surface area contributed by atoms with Gasteiger partial charge < -0.3 is 14.2 Å². The number of aromatic nitrogens is 3. The van der Waals surface area contributed by atoms with E-state index in [-0.39, 0.29) is 11.9 Å². The maximum atomic E-state index is 12.6. The summed E-state index contributed by atoms with van der Waals surface area (Å²) in [6.07, 6.45) is 5.63. The highest BCUT2D eigenvalue weighted by molar-refractivity contribution is 5.80. The van der Waals surface area contributed by atoms with Gasteiger partial charge in [0.15, 0.2) is 0 Å². The van der Waals surface area contributed by atoms with Gasteiger partial charge in [0, 0.05) is 44.5 Å². The van der Waals surface area contributed by atoms with Crippen LogP contribution in [0.2, 0.25) is 0 Å². The topological polar surface area (TPSA) is 91.2 Å². The third-order valence-electron chi connectivity index (χ3n) is 4.82. The zero-order chi connectivity index (χ0) is 17.4. The second-order valence-electron chi connectivity index (χ2n) is 6.57. The van der Waals surface area contributed by atoms with Crippen LogP contribution in [0.3, 0.4) is 0 Å². The van der Waals surface area contributed by atoms with Gasteiger partial charge in [-0.05, 0) is 25.8 Å². The molecule has 1 aliphatic heterocycles. The zero-order valence-electron chi connectivity index (χ0n) is 14.1. The Bertz CT molecular complexity index is 794. The van der Waals surface area contributed by atoms with Crippen LogP contribution >= 0.6 is 0 Å². The van der Waals surface area contributed by atoms with Gasteiger partial charge in [0.1, 0.15) is 12.1 Å². The van der Waals surface area contributed by atoms with Crippen molar-refractivity contribution in [2.24, 2.45) is 0 Å². The first-order valence-corrected chi connectivity index (χ1v) is 8.61. The van der Waals surface area contributed by atoms with E-state index in [2.05, 4.69) is 16.2 Å². The summed E-state index contributed by atoms with van der Waals surface area (Å²) in [5, 5.41) is 13.5. The van der Waals surface area contributed by atoms with Gasteiger partial charge in [-0.1, -0.05) is 0 Å². The van der Waals surface area contributed by atoms with Gasteiger partial charge in [-0.2, -0.15) is 10.4 Å². The fourth-order valence-corrected chi connectivity index (χ4v) is 3.14. The van der Waals surface area contributed by atoms with E-state index in [0.29, 0.717) is 49.6 Å². The minimum absolute atomic E-state index is 0.0556. The molecular formula is C17H20N6O2. The van der Waals surface area contributed by atoms with E-state index >= 15 is 0 Å². The van der Waals surface area contributed by atoms with Crippen LogP contribution in [0.4, 0.5) is 5.88 Å². The fourth-order valence-electron chi connectivity index (χ4n) is 3.14. The normalized spacial score (nSPS) is 18.9. The summed E-state index contributed by atoms with van der Waals surface area (Å²) in [5.74, 6) is 1.66. The molecule has 3 heterocycles. The quantitative estimate of drug-likeness (QED) is 0.838. The van der Waals surface area contributed by atoms with Crippen molar-refractivity contribution in [1.29, 1.82) is 5.26 Å². The number of carbonyl (C=O) groups is 1. The molecule has 0 bridgehead atoms. The number of piperazine rings is 1. The lowest BCUT2D eigenvalue weighted by molar-refractivity contribution is -0.134. The second-order valence-corrected chi connectivity index (χ2v) is 6.57. The lowest BCUT2D eigenvalue weighted by Crippen LogP contribution is -2.50. The molecule has 0 spiro atoms. The monoisotopic (exact) mass is 340 g/mol. The molecule has 8 heteroatoms. The molecule has 0 aromatic carbocycles. The molecular weight excluding hydrogens is 320 g/mol. The van der Waals surface area contributed by atoms with Crippen LogP contribution < -0.4 is 4.90 Å². The lowest BCUT2D eigenvalue weighted by atomic mass is 10.2. The number of rotatable bonds is 4. The van der Waals surface area contributed by atoms with Crippen molar-refractivity contribution in [3.05, 3.63) is 30.0 Å². The number of anilines is 1. The Hall–Kier alpha value is -2.82. The van der Waals surface area contributed by atoms with Gasteiger partial charge in [-0.25, -0.2) is 4.98 Å². The Labute approximate surface area is 145 Å². The third-order valence-corrected chi connectivity index (χ3v) is 4.82. The largest absolute Gasteiger partial charge is 0.423 e. The first-order chi connectivity index (χ1) is 12.2. The Balaban J connectivity index is 1.41. The fraction of sp³-hybridized carbons (Fsp3) is 0.529. The molecule has 25 heavy (non-hydrogen) atoms. The van der Waals surface area contributed by atoms with E-state index in [4.69, 9.17) is 4.42 Å². The number of amides is 1. The van der Waals surface area contributed by atoms with Crippen LogP contribution in [-0.4, -0.2) is 51.8 Å². The SMILES string of the molecule is C[C@@H](C(=O)N1CCN(c2oc(C3CC3)nc2C#N)CC1)n1cccn1. The van der Waals surface area contributed by atoms with Gasteiger partial charge in [0.25, 0.3) is 0 Å². The third kappa shape index (κ3) is 2.97. The molecule has 1 amide bonds. The second kappa shape index (κ2) is 6.24. The molecule has 1 saturated heterocycles. The maximum Gasteiger partial charge on any atom is 0.247 e. The standard InChI is InChI=1S/C17H20N6O2/c1-12(23-6-2-5-19-23)16(24)21-7-9-22(10-8-21)17-14(11-18)20-15(25-17)13-3-4-13/h2,5-6,12-13H,3-4,7-10H2,1H3/t12-/m0/s1. The summed E-state index contributed by atoms with van der Waals surface area (Å²) in [7, 11) is 0. The Morgan fingerprint density at radius 2 is 2.12 bits per heavy atom. The lowest BCUT2D eigenvalue weighted by Gasteiger charge is -2.35. The number of hydrogen-bond acceptors (Lipinski definition) is 6. The Morgan fingerprint density at radius 1 is 1.36 bits per heavy atom.